The quantitative estimate of drug-likeness (QED) is 0.647. The number of benzene rings is 2. The molecule has 1 aliphatic heterocycles. The fourth-order valence-electron chi connectivity index (χ4n) is 2.79. The second kappa shape index (κ2) is 6.48. The summed E-state index contributed by atoms with van der Waals surface area (Å²) in [5.41, 5.74) is 2.68. The number of hydrogen-bond donors (Lipinski definition) is 0. The molecular formula is C19H17NO3. The van der Waals surface area contributed by atoms with Crippen molar-refractivity contribution in [2.45, 2.75) is 12.5 Å². The number of methoxy groups -OCH3 is 1. The lowest BCUT2D eigenvalue weighted by atomic mass is 10.1. The van der Waals surface area contributed by atoms with Gasteiger partial charge in [-0.1, -0.05) is 48.5 Å². The Labute approximate surface area is 135 Å². The molecule has 1 amide bonds. The second-order valence-electron chi connectivity index (χ2n) is 5.32. The van der Waals surface area contributed by atoms with Crippen LogP contribution in [0.4, 0.5) is 5.69 Å². The summed E-state index contributed by atoms with van der Waals surface area (Å²) in [5.74, 6) is -0.628. The highest BCUT2D eigenvalue weighted by Crippen LogP contribution is 2.32. The fourth-order valence-corrected chi connectivity index (χ4v) is 2.79. The Morgan fingerprint density at radius 3 is 2.52 bits per heavy atom. The minimum Gasteiger partial charge on any atom is -0.467 e. The molecule has 0 unspecified atom stereocenters. The monoisotopic (exact) mass is 307 g/mol. The molecule has 0 radical (unpaired) electrons. The molecule has 1 aliphatic rings. The van der Waals surface area contributed by atoms with Gasteiger partial charge in [0, 0.05) is 18.2 Å². The third kappa shape index (κ3) is 3.01. The van der Waals surface area contributed by atoms with Gasteiger partial charge >= 0.3 is 5.97 Å². The molecule has 0 aromatic heterocycles. The third-order valence-electron chi connectivity index (χ3n) is 3.90. The molecule has 0 bridgehead atoms. The van der Waals surface area contributed by atoms with Crippen LogP contribution in [0.3, 0.4) is 0 Å². The molecule has 4 nitrogen and oxygen atoms in total. The number of carbonyl (C=O) groups excluding carboxylic acids is 2. The summed E-state index contributed by atoms with van der Waals surface area (Å²) in [6.45, 7) is 0. The summed E-state index contributed by atoms with van der Waals surface area (Å²) in [7, 11) is 1.34. The first-order valence-corrected chi connectivity index (χ1v) is 7.43. The van der Waals surface area contributed by atoms with Crippen LogP contribution in [-0.4, -0.2) is 25.0 Å². The molecule has 2 aromatic rings. The van der Waals surface area contributed by atoms with Gasteiger partial charge in [0.05, 0.1) is 7.11 Å². The number of amides is 1. The van der Waals surface area contributed by atoms with E-state index >= 15 is 0 Å². The summed E-state index contributed by atoms with van der Waals surface area (Å²) >= 11 is 0. The number of rotatable bonds is 3. The minimum absolute atomic E-state index is 0.228. The molecule has 0 saturated heterocycles. The van der Waals surface area contributed by atoms with E-state index in [0.29, 0.717) is 6.42 Å². The standard InChI is InChI=1S/C19H17NO3/c1-23-19(22)17-13-15-9-5-6-10-16(15)20(17)18(21)12-11-14-7-3-2-4-8-14/h2-12,17H,13H2,1H3/b12-11+/t17-/m0/s1. The van der Waals surface area contributed by atoms with Crippen LogP contribution in [0, 0.1) is 0 Å². The molecule has 0 N–H and O–H groups in total. The van der Waals surface area contributed by atoms with E-state index in [9.17, 15) is 9.59 Å². The van der Waals surface area contributed by atoms with E-state index in [0.717, 1.165) is 16.8 Å². The van der Waals surface area contributed by atoms with Gasteiger partial charge in [0.1, 0.15) is 6.04 Å². The van der Waals surface area contributed by atoms with Gasteiger partial charge in [-0.2, -0.15) is 0 Å². The van der Waals surface area contributed by atoms with Crippen LogP contribution < -0.4 is 4.90 Å². The van der Waals surface area contributed by atoms with E-state index in [4.69, 9.17) is 4.74 Å². The van der Waals surface area contributed by atoms with Crippen LogP contribution >= 0.6 is 0 Å². The van der Waals surface area contributed by atoms with Gasteiger partial charge in [0.15, 0.2) is 0 Å². The van der Waals surface area contributed by atoms with E-state index < -0.39 is 12.0 Å². The summed E-state index contributed by atoms with van der Waals surface area (Å²) < 4.78 is 4.85. The lowest BCUT2D eigenvalue weighted by Crippen LogP contribution is -2.42. The lowest BCUT2D eigenvalue weighted by Gasteiger charge is -2.22. The average molecular weight is 307 g/mol. The van der Waals surface area contributed by atoms with Crippen LogP contribution in [-0.2, 0) is 20.7 Å². The molecule has 0 saturated carbocycles. The zero-order valence-electron chi connectivity index (χ0n) is 12.8. The molecule has 4 heteroatoms. The molecule has 0 fully saturated rings. The summed E-state index contributed by atoms with van der Waals surface area (Å²) in [4.78, 5) is 26.2. The Morgan fingerprint density at radius 1 is 1.09 bits per heavy atom. The van der Waals surface area contributed by atoms with Crippen molar-refractivity contribution in [1.82, 2.24) is 0 Å². The van der Waals surface area contributed by atoms with Crippen molar-refractivity contribution < 1.29 is 14.3 Å². The smallest absolute Gasteiger partial charge is 0.329 e. The fraction of sp³-hybridized carbons (Fsp3) is 0.158. The Balaban J connectivity index is 1.89. The molecular weight excluding hydrogens is 290 g/mol. The van der Waals surface area contributed by atoms with Crippen molar-refractivity contribution in [3.05, 3.63) is 71.8 Å². The number of para-hydroxylation sites is 1. The first-order chi connectivity index (χ1) is 11.2. The summed E-state index contributed by atoms with van der Waals surface area (Å²) in [5, 5.41) is 0. The maximum absolute atomic E-state index is 12.6. The number of ether oxygens (including phenoxy) is 1. The molecule has 23 heavy (non-hydrogen) atoms. The van der Waals surface area contributed by atoms with Crippen LogP contribution in [0.5, 0.6) is 0 Å². The molecule has 1 heterocycles. The Hall–Kier alpha value is -2.88. The highest BCUT2D eigenvalue weighted by molar-refractivity contribution is 6.09. The summed E-state index contributed by atoms with van der Waals surface area (Å²) in [6, 6.07) is 16.5. The Kier molecular flexibility index (Phi) is 4.24. The number of carbonyl (C=O) groups is 2. The predicted molar refractivity (Wildman–Crippen MR) is 88.9 cm³/mol. The van der Waals surface area contributed by atoms with E-state index in [-0.39, 0.29) is 5.91 Å². The van der Waals surface area contributed by atoms with Gasteiger partial charge in [-0.25, -0.2) is 4.79 Å². The maximum atomic E-state index is 12.6. The average Bonchev–Trinajstić information content (AvgIpc) is 2.99. The van der Waals surface area contributed by atoms with Gasteiger partial charge in [0.2, 0.25) is 0 Å². The molecule has 0 spiro atoms. The third-order valence-corrected chi connectivity index (χ3v) is 3.90. The van der Waals surface area contributed by atoms with E-state index in [1.807, 2.05) is 54.6 Å². The van der Waals surface area contributed by atoms with Crippen LogP contribution in [0.1, 0.15) is 11.1 Å². The van der Waals surface area contributed by atoms with Crippen molar-refractivity contribution in [1.29, 1.82) is 0 Å². The summed E-state index contributed by atoms with van der Waals surface area (Å²) in [6.07, 6.45) is 3.72. The van der Waals surface area contributed by atoms with E-state index in [2.05, 4.69) is 0 Å². The van der Waals surface area contributed by atoms with Crippen LogP contribution in [0.2, 0.25) is 0 Å². The number of hydrogen-bond acceptors (Lipinski definition) is 3. The zero-order chi connectivity index (χ0) is 16.2. The van der Waals surface area contributed by atoms with Gasteiger partial charge in [0.25, 0.3) is 5.91 Å². The van der Waals surface area contributed by atoms with Crippen molar-refractivity contribution in [2.24, 2.45) is 0 Å². The van der Waals surface area contributed by atoms with Gasteiger partial charge < -0.3 is 4.74 Å². The largest absolute Gasteiger partial charge is 0.467 e. The van der Waals surface area contributed by atoms with Crippen LogP contribution in [0.15, 0.2) is 60.7 Å². The zero-order valence-corrected chi connectivity index (χ0v) is 12.8. The second-order valence-corrected chi connectivity index (χ2v) is 5.32. The first-order valence-electron chi connectivity index (χ1n) is 7.43. The molecule has 0 aliphatic carbocycles. The number of nitrogens with zero attached hydrogens (tertiary/aromatic N) is 1. The number of fused-ring (bicyclic) bond motifs is 1. The van der Waals surface area contributed by atoms with Gasteiger partial charge in [-0.3, -0.25) is 9.69 Å². The molecule has 2 aromatic carbocycles. The van der Waals surface area contributed by atoms with Crippen molar-refractivity contribution >= 4 is 23.6 Å². The van der Waals surface area contributed by atoms with Gasteiger partial charge in [-0.05, 0) is 23.3 Å². The predicted octanol–water partition coefficient (Wildman–Crippen LogP) is 2.83. The number of esters is 1. The maximum Gasteiger partial charge on any atom is 0.329 e. The van der Waals surface area contributed by atoms with E-state index in [1.54, 1.807) is 6.08 Å². The highest BCUT2D eigenvalue weighted by atomic mass is 16.5. The van der Waals surface area contributed by atoms with Crippen molar-refractivity contribution in [2.75, 3.05) is 12.0 Å². The SMILES string of the molecule is COC(=O)[C@@H]1Cc2ccccc2N1C(=O)/C=C/c1ccccc1. The molecule has 116 valence electrons. The van der Waals surface area contributed by atoms with Crippen LogP contribution in [0.25, 0.3) is 6.08 Å². The first kappa shape index (κ1) is 15.0. The van der Waals surface area contributed by atoms with Crippen molar-refractivity contribution in [3.8, 4) is 0 Å². The van der Waals surface area contributed by atoms with Gasteiger partial charge in [-0.15, -0.1) is 0 Å². The number of anilines is 1. The molecule has 1 atom stereocenters. The van der Waals surface area contributed by atoms with E-state index in [1.165, 1.54) is 18.1 Å². The highest BCUT2D eigenvalue weighted by Gasteiger charge is 2.37. The minimum atomic E-state index is -0.606. The molecule has 3 rings (SSSR count). The Morgan fingerprint density at radius 2 is 1.78 bits per heavy atom. The topological polar surface area (TPSA) is 46.6 Å². The Bertz CT molecular complexity index is 752. The lowest BCUT2D eigenvalue weighted by molar-refractivity contribution is -0.143. The normalized spacial score (nSPS) is 16.4. The van der Waals surface area contributed by atoms with Crippen molar-refractivity contribution in [3.63, 3.8) is 0 Å².